The topological polar surface area (TPSA) is 58.2 Å². The zero-order chi connectivity index (χ0) is 12.2. The molecular formula is C9H13F3N2O2. The van der Waals surface area contributed by atoms with Crippen molar-refractivity contribution in [1.29, 1.82) is 0 Å². The van der Waals surface area contributed by atoms with E-state index >= 15 is 0 Å². The quantitative estimate of drug-likeness (QED) is 0.744. The Morgan fingerprint density at radius 1 is 1.44 bits per heavy atom. The summed E-state index contributed by atoms with van der Waals surface area (Å²) in [6.07, 6.45) is -4.22. The van der Waals surface area contributed by atoms with Gasteiger partial charge in [0, 0.05) is 6.54 Å². The second kappa shape index (κ2) is 5.18. The smallest absolute Gasteiger partial charge is 0.354 e. The van der Waals surface area contributed by atoms with Gasteiger partial charge in [-0.05, 0) is 19.3 Å². The normalized spacial score (nSPS) is 22.2. The van der Waals surface area contributed by atoms with Crippen molar-refractivity contribution in [3.63, 3.8) is 0 Å². The van der Waals surface area contributed by atoms with E-state index in [9.17, 15) is 22.8 Å². The van der Waals surface area contributed by atoms with Crippen LogP contribution in [0.2, 0.25) is 0 Å². The lowest BCUT2D eigenvalue weighted by molar-refractivity contribution is -0.155. The summed E-state index contributed by atoms with van der Waals surface area (Å²) in [5.74, 6) is -1.57. The summed E-state index contributed by atoms with van der Waals surface area (Å²) < 4.78 is 35.6. The van der Waals surface area contributed by atoms with E-state index in [-0.39, 0.29) is 0 Å². The Balaban J connectivity index is 2.45. The van der Waals surface area contributed by atoms with Crippen molar-refractivity contribution in [2.75, 3.05) is 6.54 Å². The SMILES string of the molecule is O=C(CC(F)(F)F)NC1CCCCNC1=O. The highest BCUT2D eigenvalue weighted by Gasteiger charge is 2.33. The predicted molar refractivity (Wildman–Crippen MR) is 49.5 cm³/mol. The van der Waals surface area contributed by atoms with Crippen LogP contribution in [0.1, 0.15) is 25.7 Å². The Kier molecular flexibility index (Phi) is 4.14. The first-order chi connectivity index (χ1) is 7.38. The van der Waals surface area contributed by atoms with Crippen molar-refractivity contribution >= 4 is 11.8 Å². The van der Waals surface area contributed by atoms with Crippen LogP contribution >= 0.6 is 0 Å². The molecule has 92 valence electrons. The highest BCUT2D eigenvalue weighted by molar-refractivity contribution is 5.87. The van der Waals surface area contributed by atoms with Crippen molar-refractivity contribution in [3.05, 3.63) is 0 Å². The molecule has 0 spiro atoms. The molecule has 4 nitrogen and oxygen atoms in total. The van der Waals surface area contributed by atoms with Gasteiger partial charge < -0.3 is 10.6 Å². The zero-order valence-electron chi connectivity index (χ0n) is 8.56. The van der Waals surface area contributed by atoms with E-state index in [2.05, 4.69) is 10.6 Å². The van der Waals surface area contributed by atoms with Gasteiger partial charge in [0.05, 0.1) is 0 Å². The number of rotatable bonds is 2. The fraction of sp³-hybridized carbons (Fsp3) is 0.778. The molecule has 1 heterocycles. The zero-order valence-corrected chi connectivity index (χ0v) is 8.56. The summed E-state index contributed by atoms with van der Waals surface area (Å²) in [7, 11) is 0. The number of nitrogens with one attached hydrogen (secondary N) is 2. The Morgan fingerprint density at radius 3 is 2.75 bits per heavy atom. The fourth-order valence-electron chi connectivity index (χ4n) is 1.50. The van der Waals surface area contributed by atoms with Crippen molar-refractivity contribution in [2.45, 2.75) is 37.9 Å². The van der Waals surface area contributed by atoms with E-state index in [0.29, 0.717) is 19.4 Å². The Labute approximate surface area is 90.6 Å². The van der Waals surface area contributed by atoms with Crippen LogP contribution in [0.25, 0.3) is 0 Å². The molecule has 1 aliphatic rings. The number of carbonyl (C=O) groups excluding carboxylic acids is 2. The van der Waals surface area contributed by atoms with E-state index in [0.717, 1.165) is 6.42 Å². The van der Waals surface area contributed by atoms with Crippen LogP contribution in [0, 0.1) is 0 Å². The van der Waals surface area contributed by atoms with Crippen molar-refractivity contribution in [3.8, 4) is 0 Å². The highest BCUT2D eigenvalue weighted by atomic mass is 19.4. The number of hydrogen-bond acceptors (Lipinski definition) is 2. The molecule has 0 aromatic carbocycles. The van der Waals surface area contributed by atoms with Gasteiger partial charge in [0.2, 0.25) is 11.8 Å². The Morgan fingerprint density at radius 2 is 2.12 bits per heavy atom. The molecule has 16 heavy (non-hydrogen) atoms. The molecule has 7 heteroatoms. The first-order valence-corrected chi connectivity index (χ1v) is 5.02. The molecule has 1 fully saturated rings. The van der Waals surface area contributed by atoms with Crippen LogP contribution in [0.4, 0.5) is 13.2 Å². The van der Waals surface area contributed by atoms with Crippen LogP contribution < -0.4 is 10.6 Å². The average molecular weight is 238 g/mol. The maximum absolute atomic E-state index is 11.9. The van der Waals surface area contributed by atoms with Crippen molar-refractivity contribution < 1.29 is 22.8 Å². The molecule has 1 rings (SSSR count). The molecule has 1 atom stereocenters. The third kappa shape index (κ3) is 4.50. The Bertz CT molecular complexity index is 278. The van der Waals surface area contributed by atoms with Gasteiger partial charge in [-0.2, -0.15) is 13.2 Å². The third-order valence-electron chi connectivity index (χ3n) is 2.23. The minimum Gasteiger partial charge on any atom is -0.354 e. The second-order valence-electron chi connectivity index (χ2n) is 3.70. The monoisotopic (exact) mass is 238 g/mol. The van der Waals surface area contributed by atoms with Crippen LogP contribution in [0.5, 0.6) is 0 Å². The fourth-order valence-corrected chi connectivity index (χ4v) is 1.50. The summed E-state index contributed by atoms with van der Waals surface area (Å²) in [5.41, 5.74) is 0. The second-order valence-corrected chi connectivity index (χ2v) is 3.70. The van der Waals surface area contributed by atoms with Crippen LogP contribution in [-0.4, -0.2) is 30.6 Å². The molecule has 2 amide bonds. The van der Waals surface area contributed by atoms with Crippen LogP contribution in [-0.2, 0) is 9.59 Å². The standard InChI is InChI=1S/C9H13F3N2O2/c10-9(11,12)5-7(15)14-6-3-1-2-4-13-8(6)16/h6H,1-5H2,(H,13,16)(H,14,15). The van der Waals surface area contributed by atoms with Gasteiger partial charge in [-0.3, -0.25) is 9.59 Å². The van der Waals surface area contributed by atoms with E-state index in [4.69, 9.17) is 0 Å². The van der Waals surface area contributed by atoms with Gasteiger partial charge in [0.15, 0.2) is 0 Å². The first kappa shape index (κ1) is 12.8. The molecular weight excluding hydrogens is 225 g/mol. The van der Waals surface area contributed by atoms with E-state index in [1.165, 1.54) is 0 Å². The van der Waals surface area contributed by atoms with Crippen LogP contribution in [0.15, 0.2) is 0 Å². The third-order valence-corrected chi connectivity index (χ3v) is 2.23. The summed E-state index contributed by atoms with van der Waals surface area (Å²) >= 11 is 0. The van der Waals surface area contributed by atoms with Gasteiger partial charge >= 0.3 is 6.18 Å². The van der Waals surface area contributed by atoms with Gasteiger partial charge in [0.1, 0.15) is 12.5 Å². The molecule has 0 radical (unpaired) electrons. The van der Waals surface area contributed by atoms with Gasteiger partial charge in [-0.15, -0.1) is 0 Å². The summed E-state index contributed by atoms with van der Waals surface area (Å²) in [5, 5.41) is 4.62. The molecule has 0 aromatic heterocycles. The molecule has 0 saturated carbocycles. The van der Waals surface area contributed by atoms with Crippen molar-refractivity contribution in [2.24, 2.45) is 0 Å². The predicted octanol–water partition coefficient (Wildman–Crippen LogP) is 0.724. The Hall–Kier alpha value is -1.27. The maximum atomic E-state index is 11.9. The van der Waals surface area contributed by atoms with Crippen LogP contribution in [0.3, 0.4) is 0 Å². The van der Waals surface area contributed by atoms with Gasteiger partial charge in [0.25, 0.3) is 0 Å². The molecule has 0 aromatic rings. The number of halogens is 3. The number of carbonyl (C=O) groups is 2. The molecule has 2 N–H and O–H groups in total. The molecule has 1 aliphatic heterocycles. The maximum Gasteiger partial charge on any atom is 0.397 e. The van der Waals surface area contributed by atoms with E-state index in [1.807, 2.05) is 0 Å². The lowest BCUT2D eigenvalue weighted by atomic mass is 10.1. The number of hydrogen-bond donors (Lipinski definition) is 2. The summed E-state index contributed by atoms with van der Waals surface area (Å²) in [6, 6.07) is -0.836. The minimum absolute atomic E-state index is 0.384. The largest absolute Gasteiger partial charge is 0.397 e. The molecule has 1 saturated heterocycles. The van der Waals surface area contributed by atoms with E-state index < -0.39 is 30.5 Å². The summed E-state index contributed by atoms with van der Waals surface area (Å²) in [4.78, 5) is 22.3. The highest BCUT2D eigenvalue weighted by Crippen LogP contribution is 2.19. The summed E-state index contributed by atoms with van der Waals surface area (Å²) in [6.45, 7) is 0.504. The first-order valence-electron chi connectivity index (χ1n) is 5.02. The number of amides is 2. The molecule has 1 unspecified atom stereocenters. The van der Waals surface area contributed by atoms with Gasteiger partial charge in [-0.1, -0.05) is 0 Å². The number of alkyl halides is 3. The van der Waals surface area contributed by atoms with Gasteiger partial charge in [-0.25, -0.2) is 0 Å². The lowest BCUT2D eigenvalue weighted by Gasteiger charge is -2.15. The molecule has 0 aliphatic carbocycles. The van der Waals surface area contributed by atoms with Crippen molar-refractivity contribution in [1.82, 2.24) is 10.6 Å². The van der Waals surface area contributed by atoms with E-state index in [1.54, 1.807) is 0 Å². The molecule has 0 bridgehead atoms. The average Bonchev–Trinajstić information content (AvgIpc) is 2.29. The minimum atomic E-state index is -4.54. The lowest BCUT2D eigenvalue weighted by Crippen LogP contribution is -2.46.